The molecular formula is C19H19N2O+. The summed E-state index contributed by atoms with van der Waals surface area (Å²) in [6, 6.07) is 17.7. The van der Waals surface area contributed by atoms with Gasteiger partial charge in [0.25, 0.3) is 5.91 Å². The zero-order valence-corrected chi connectivity index (χ0v) is 12.8. The smallest absolute Gasteiger partial charge is 0.293 e. The van der Waals surface area contributed by atoms with E-state index in [1.165, 1.54) is 5.39 Å². The Labute approximate surface area is 130 Å². The van der Waals surface area contributed by atoms with Gasteiger partial charge in [0.15, 0.2) is 12.4 Å². The van der Waals surface area contributed by atoms with E-state index >= 15 is 0 Å². The maximum atomic E-state index is 12.4. The third-order valence-electron chi connectivity index (χ3n) is 3.82. The molecule has 22 heavy (non-hydrogen) atoms. The molecule has 1 aromatic heterocycles. The molecule has 0 saturated carbocycles. The molecule has 0 bridgehead atoms. The highest BCUT2D eigenvalue weighted by molar-refractivity contribution is 5.92. The highest BCUT2D eigenvalue weighted by Crippen LogP contribution is 2.13. The number of nitrogens with one attached hydrogen (secondary N) is 1. The van der Waals surface area contributed by atoms with Crippen LogP contribution in [0.25, 0.3) is 10.8 Å². The molecule has 0 saturated heterocycles. The van der Waals surface area contributed by atoms with Gasteiger partial charge in [-0.25, -0.2) is 0 Å². The molecule has 1 amide bonds. The van der Waals surface area contributed by atoms with Gasteiger partial charge < -0.3 is 5.32 Å². The number of pyridine rings is 1. The average molecular weight is 291 g/mol. The number of hydrogen-bond acceptors (Lipinski definition) is 1. The third-order valence-corrected chi connectivity index (χ3v) is 3.82. The standard InChI is InChI=1S/C19H18N2O/c1-14-6-5-9-18(12-14)20-19(22)15(2)21-11-10-16-7-3-4-8-17(16)13-21/h3-13,15H,1-2H3/p+1/t15-/m1/s1. The molecule has 3 rings (SSSR count). The van der Waals surface area contributed by atoms with Crippen LogP contribution in [0.1, 0.15) is 18.5 Å². The first-order chi connectivity index (χ1) is 10.6. The van der Waals surface area contributed by atoms with Gasteiger partial charge in [0, 0.05) is 24.1 Å². The summed E-state index contributed by atoms with van der Waals surface area (Å²) in [5.74, 6) is -0.0223. The molecule has 2 aromatic carbocycles. The summed E-state index contributed by atoms with van der Waals surface area (Å²) < 4.78 is 1.94. The molecule has 0 aliphatic carbocycles. The number of anilines is 1. The molecule has 0 fully saturated rings. The van der Waals surface area contributed by atoms with Gasteiger partial charge in [-0.2, -0.15) is 4.57 Å². The fourth-order valence-corrected chi connectivity index (χ4v) is 2.50. The van der Waals surface area contributed by atoms with Gasteiger partial charge in [0.05, 0.1) is 0 Å². The summed E-state index contributed by atoms with van der Waals surface area (Å²) in [6.45, 7) is 3.91. The maximum absolute atomic E-state index is 12.4. The van der Waals surface area contributed by atoms with Gasteiger partial charge in [0.2, 0.25) is 6.04 Å². The van der Waals surface area contributed by atoms with Crippen molar-refractivity contribution in [2.45, 2.75) is 19.9 Å². The van der Waals surface area contributed by atoms with Crippen molar-refractivity contribution in [3.63, 3.8) is 0 Å². The first-order valence-corrected chi connectivity index (χ1v) is 7.40. The van der Waals surface area contributed by atoms with Gasteiger partial charge in [0.1, 0.15) is 0 Å². The molecule has 0 aliphatic heterocycles. The Kier molecular flexibility index (Phi) is 3.88. The van der Waals surface area contributed by atoms with Crippen LogP contribution in [-0.2, 0) is 4.79 Å². The van der Waals surface area contributed by atoms with E-state index in [-0.39, 0.29) is 11.9 Å². The van der Waals surface area contributed by atoms with Crippen LogP contribution < -0.4 is 9.88 Å². The second-order valence-corrected chi connectivity index (χ2v) is 5.56. The van der Waals surface area contributed by atoms with Crippen LogP contribution in [0.5, 0.6) is 0 Å². The van der Waals surface area contributed by atoms with Crippen molar-refractivity contribution in [3.8, 4) is 0 Å². The maximum Gasteiger partial charge on any atom is 0.293 e. The summed E-state index contributed by atoms with van der Waals surface area (Å²) in [7, 11) is 0. The van der Waals surface area contributed by atoms with Crippen LogP contribution in [0.4, 0.5) is 5.69 Å². The van der Waals surface area contributed by atoms with Crippen molar-refractivity contribution >= 4 is 22.4 Å². The van der Waals surface area contributed by atoms with Crippen molar-refractivity contribution in [1.29, 1.82) is 0 Å². The molecule has 1 heterocycles. The Morgan fingerprint density at radius 3 is 2.59 bits per heavy atom. The van der Waals surface area contributed by atoms with E-state index in [4.69, 9.17) is 0 Å². The van der Waals surface area contributed by atoms with Crippen molar-refractivity contribution in [3.05, 3.63) is 72.6 Å². The zero-order valence-electron chi connectivity index (χ0n) is 12.8. The quantitative estimate of drug-likeness (QED) is 0.734. The Bertz CT molecular complexity index is 826. The predicted molar refractivity (Wildman–Crippen MR) is 88.7 cm³/mol. The third kappa shape index (κ3) is 2.98. The van der Waals surface area contributed by atoms with Gasteiger partial charge in [-0.1, -0.05) is 30.3 Å². The van der Waals surface area contributed by atoms with Crippen LogP contribution >= 0.6 is 0 Å². The van der Waals surface area contributed by atoms with Crippen LogP contribution in [0.2, 0.25) is 0 Å². The first kappa shape index (κ1) is 14.3. The summed E-state index contributed by atoms with van der Waals surface area (Å²) in [5.41, 5.74) is 1.96. The molecular weight excluding hydrogens is 272 g/mol. The molecule has 0 radical (unpaired) electrons. The van der Waals surface area contributed by atoms with E-state index in [9.17, 15) is 4.79 Å². The number of carbonyl (C=O) groups excluding carboxylic acids is 1. The molecule has 3 aromatic rings. The predicted octanol–water partition coefficient (Wildman–Crippen LogP) is 3.64. The van der Waals surface area contributed by atoms with Crippen LogP contribution in [-0.4, -0.2) is 5.91 Å². The van der Waals surface area contributed by atoms with Crippen molar-refractivity contribution in [2.24, 2.45) is 0 Å². The number of carbonyl (C=O) groups is 1. The number of hydrogen-bond donors (Lipinski definition) is 1. The fourth-order valence-electron chi connectivity index (χ4n) is 2.50. The highest BCUT2D eigenvalue weighted by Gasteiger charge is 2.22. The number of rotatable bonds is 3. The molecule has 1 atom stereocenters. The van der Waals surface area contributed by atoms with E-state index < -0.39 is 0 Å². The largest absolute Gasteiger partial charge is 0.320 e. The topological polar surface area (TPSA) is 33.0 Å². The molecule has 3 heteroatoms. The number of aryl methyl sites for hydroxylation is 1. The monoisotopic (exact) mass is 291 g/mol. The number of aromatic nitrogens is 1. The van der Waals surface area contributed by atoms with Crippen molar-refractivity contribution in [2.75, 3.05) is 5.32 Å². The number of benzene rings is 2. The lowest BCUT2D eigenvalue weighted by atomic mass is 10.1. The van der Waals surface area contributed by atoms with Gasteiger partial charge in [-0.05, 0) is 36.1 Å². The molecule has 0 aliphatic rings. The number of amides is 1. The first-order valence-electron chi connectivity index (χ1n) is 7.40. The number of fused-ring (bicyclic) bond motifs is 1. The Hall–Kier alpha value is -2.68. The molecule has 110 valence electrons. The fraction of sp³-hybridized carbons (Fsp3) is 0.158. The highest BCUT2D eigenvalue weighted by atomic mass is 16.2. The normalized spacial score (nSPS) is 12.1. The van der Waals surface area contributed by atoms with Crippen LogP contribution in [0, 0.1) is 6.92 Å². The summed E-state index contributed by atoms with van der Waals surface area (Å²) in [4.78, 5) is 12.4. The molecule has 0 spiro atoms. The van der Waals surface area contributed by atoms with E-state index in [0.717, 1.165) is 16.6 Å². The second-order valence-electron chi connectivity index (χ2n) is 5.56. The van der Waals surface area contributed by atoms with Crippen LogP contribution in [0.15, 0.2) is 67.0 Å². The lowest BCUT2D eigenvalue weighted by Crippen LogP contribution is -2.44. The summed E-state index contributed by atoms with van der Waals surface area (Å²) in [5, 5.41) is 5.27. The second kappa shape index (κ2) is 5.98. The zero-order chi connectivity index (χ0) is 15.5. The minimum atomic E-state index is -0.273. The average Bonchev–Trinajstić information content (AvgIpc) is 2.53. The van der Waals surface area contributed by atoms with Gasteiger partial charge in [-0.3, -0.25) is 4.79 Å². The lowest BCUT2D eigenvalue weighted by Gasteiger charge is -2.09. The van der Waals surface area contributed by atoms with Crippen molar-refractivity contribution in [1.82, 2.24) is 0 Å². The lowest BCUT2D eigenvalue weighted by molar-refractivity contribution is -0.704. The Morgan fingerprint density at radius 1 is 1.05 bits per heavy atom. The SMILES string of the molecule is Cc1cccc(NC(=O)[C@@H](C)[n+]2ccc3ccccc3c2)c1. The van der Waals surface area contributed by atoms with E-state index in [0.29, 0.717) is 0 Å². The van der Waals surface area contributed by atoms with Gasteiger partial charge >= 0.3 is 0 Å². The van der Waals surface area contributed by atoms with Crippen molar-refractivity contribution < 1.29 is 9.36 Å². The Morgan fingerprint density at radius 2 is 1.82 bits per heavy atom. The Balaban J connectivity index is 1.82. The summed E-state index contributed by atoms with van der Waals surface area (Å²) >= 11 is 0. The number of nitrogens with zero attached hydrogens (tertiary/aromatic N) is 1. The van der Waals surface area contributed by atoms with E-state index in [2.05, 4.69) is 17.4 Å². The van der Waals surface area contributed by atoms with E-state index in [1.54, 1.807) is 0 Å². The van der Waals surface area contributed by atoms with E-state index in [1.807, 2.05) is 73.3 Å². The summed E-state index contributed by atoms with van der Waals surface area (Å²) in [6.07, 6.45) is 3.96. The molecule has 0 unspecified atom stereocenters. The van der Waals surface area contributed by atoms with Gasteiger partial charge in [-0.15, -0.1) is 0 Å². The van der Waals surface area contributed by atoms with Crippen LogP contribution in [0.3, 0.4) is 0 Å². The minimum Gasteiger partial charge on any atom is -0.320 e. The minimum absolute atomic E-state index is 0.0223. The molecule has 1 N–H and O–H groups in total. The molecule has 3 nitrogen and oxygen atoms in total.